The average molecular weight is 429 g/mol. The monoisotopic (exact) mass is 428 g/mol. The van der Waals surface area contributed by atoms with Crippen molar-refractivity contribution in [3.63, 3.8) is 0 Å². The lowest BCUT2D eigenvalue weighted by molar-refractivity contribution is -0.136. The first-order valence-corrected chi connectivity index (χ1v) is 10.8. The Labute approximate surface area is 169 Å². The molecule has 2 aromatic rings. The topological polar surface area (TPSA) is 93.3 Å². The van der Waals surface area contributed by atoms with Crippen molar-refractivity contribution in [2.24, 2.45) is 20.0 Å². The summed E-state index contributed by atoms with van der Waals surface area (Å²) in [5, 5.41) is 8.62. The van der Waals surface area contributed by atoms with Crippen LogP contribution in [0.5, 0.6) is 0 Å². The number of hydrogen-bond donors (Lipinski definition) is 0. The van der Waals surface area contributed by atoms with Gasteiger partial charge < -0.3 is 4.90 Å². The summed E-state index contributed by atoms with van der Waals surface area (Å²) < 4.78 is 30.6. The minimum atomic E-state index is -3.68. The highest BCUT2D eigenvalue weighted by Gasteiger charge is 2.36. The largest absolute Gasteiger partial charge is 0.340 e. The second-order valence-electron chi connectivity index (χ2n) is 7.18. The number of halogens is 1. The fourth-order valence-electron chi connectivity index (χ4n) is 3.46. The van der Waals surface area contributed by atoms with Crippen LogP contribution in [-0.2, 0) is 35.5 Å². The molecule has 1 saturated heterocycles. The maximum absolute atomic E-state index is 13.0. The predicted octanol–water partition coefficient (Wildman–Crippen LogP) is 1.17. The highest BCUT2D eigenvalue weighted by molar-refractivity contribution is 7.89. The van der Waals surface area contributed by atoms with Gasteiger partial charge in [0.2, 0.25) is 15.9 Å². The van der Waals surface area contributed by atoms with E-state index in [2.05, 4.69) is 10.2 Å². The number of piperidine rings is 1. The van der Waals surface area contributed by atoms with Gasteiger partial charge in [-0.3, -0.25) is 14.2 Å². The zero-order valence-electron chi connectivity index (χ0n) is 16.5. The van der Waals surface area contributed by atoms with Crippen LogP contribution in [0.2, 0.25) is 5.02 Å². The smallest absolute Gasteiger partial charge is 0.246 e. The maximum Gasteiger partial charge on any atom is 0.246 e. The second kappa shape index (κ2) is 7.84. The molecule has 1 fully saturated rings. The first-order chi connectivity index (χ1) is 13.1. The Kier molecular flexibility index (Phi) is 5.83. The molecule has 9 nitrogen and oxygen atoms in total. The van der Waals surface area contributed by atoms with Crippen LogP contribution in [0.3, 0.4) is 0 Å². The minimum Gasteiger partial charge on any atom is -0.340 e. The summed E-state index contributed by atoms with van der Waals surface area (Å²) in [5.74, 6) is -0.488. The van der Waals surface area contributed by atoms with E-state index in [9.17, 15) is 13.2 Å². The molecule has 154 valence electrons. The molecular formula is C17H25ClN6O3S. The minimum absolute atomic E-state index is 0.0972. The molecule has 1 amide bonds. The van der Waals surface area contributed by atoms with E-state index in [-0.39, 0.29) is 17.3 Å². The fourth-order valence-corrected chi connectivity index (χ4v) is 5.40. The summed E-state index contributed by atoms with van der Waals surface area (Å²) in [6.45, 7) is 2.60. The van der Waals surface area contributed by atoms with Crippen molar-refractivity contribution in [2.75, 3.05) is 20.1 Å². The van der Waals surface area contributed by atoms with E-state index >= 15 is 0 Å². The summed E-state index contributed by atoms with van der Waals surface area (Å²) in [4.78, 5) is 14.7. The summed E-state index contributed by atoms with van der Waals surface area (Å²) in [7, 11) is 1.49. The molecule has 0 saturated carbocycles. The number of nitrogens with zero attached hydrogens (tertiary/aromatic N) is 6. The number of carbonyl (C=O) groups is 1. The van der Waals surface area contributed by atoms with Crippen molar-refractivity contribution in [1.82, 2.24) is 28.8 Å². The van der Waals surface area contributed by atoms with Crippen LogP contribution in [0.1, 0.15) is 24.2 Å². The van der Waals surface area contributed by atoms with Gasteiger partial charge in [-0.15, -0.1) is 0 Å². The summed E-state index contributed by atoms with van der Waals surface area (Å²) in [6, 6.07) is 0. The molecule has 0 spiro atoms. The zero-order chi connectivity index (χ0) is 20.6. The van der Waals surface area contributed by atoms with E-state index < -0.39 is 15.9 Å². The zero-order valence-corrected chi connectivity index (χ0v) is 18.0. The fraction of sp³-hybridized carbons (Fsp3) is 0.588. The number of hydrogen-bond acceptors (Lipinski definition) is 5. The third-order valence-electron chi connectivity index (χ3n) is 5.32. The molecule has 3 rings (SSSR count). The van der Waals surface area contributed by atoms with E-state index in [1.807, 2.05) is 0 Å². The molecule has 0 unspecified atom stereocenters. The van der Waals surface area contributed by atoms with Gasteiger partial charge in [0.15, 0.2) is 0 Å². The number of amides is 1. The van der Waals surface area contributed by atoms with Crippen molar-refractivity contribution >= 4 is 27.5 Å². The lowest BCUT2D eigenvalue weighted by atomic mass is 9.98. The van der Waals surface area contributed by atoms with Gasteiger partial charge in [-0.25, -0.2) is 8.42 Å². The van der Waals surface area contributed by atoms with Gasteiger partial charge in [0.25, 0.3) is 0 Å². The van der Waals surface area contributed by atoms with Crippen LogP contribution in [0.4, 0.5) is 0 Å². The molecule has 0 radical (unpaired) electrons. The Bertz CT molecular complexity index is 964. The van der Waals surface area contributed by atoms with Crippen LogP contribution < -0.4 is 0 Å². The highest BCUT2D eigenvalue weighted by atomic mass is 35.5. The average Bonchev–Trinajstić information content (AvgIpc) is 3.17. The van der Waals surface area contributed by atoms with Crippen molar-refractivity contribution in [3.8, 4) is 0 Å². The van der Waals surface area contributed by atoms with Crippen molar-refractivity contribution in [1.29, 1.82) is 0 Å². The van der Waals surface area contributed by atoms with E-state index in [0.717, 1.165) is 5.69 Å². The Hall–Kier alpha value is -1.91. The Balaban J connectivity index is 1.74. The number of carbonyl (C=O) groups excluding carboxylic acids is 1. The van der Waals surface area contributed by atoms with Crippen molar-refractivity contribution in [2.45, 2.75) is 31.2 Å². The summed E-state index contributed by atoms with van der Waals surface area (Å²) in [5.41, 5.74) is 1.32. The number of sulfonamides is 1. The Morgan fingerprint density at radius 3 is 2.54 bits per heavy atom. The SMILES string of the molecule is Cc1c(S(=O)(=O)N2CCC[C@@H](C(=O)N(C)Cc3c(Cl)cnn3C)C2)cnn1C. The van der Waals surface area contributed by atoms with E-state index in [1.54, 1.807) is 43.8 Å². The van der Waals surface area contributed by atoms with Gasteiger partial charge in [0, 0.05) is 34.2 Å². The molecule has 11 heteroatoms. The summed E-state index contributed by atoms with van der Waals surface area (Å²) in [6.07, 6.45) is 4.20. The Morgan fingerprint density at radius 1 is 1.29 bits per heavy atom. The van der Waals surface area contributed by atoms with E-state index in [0.29, 0.717) is 36.6 Å². The number of aromatic nitrogens is 4. The van der Waals surface area contributed by atoms with Gasteiger partial charge in [0.05, 0.1) is 41.3 Å². The van der Waals surface area contributed by atoms with Crippen LogP contribution in [-0.4, -0.2) is 63.2 Å². The van der Waals surface area contributed by atoms with Crippen LogP contribution in [0.15, 0.2) is 17.3 Å². The third kappa shape index (κ3) is 3.81. The molecule has 1 aliphatic heterocycles. The van der Waals surface area contributed by atoms with Gasteiger partial charge >= 0.3 is 0 Å². The van der Waals surface area contributed by atoms with E-state index in [4.69, 9.17) is 11.6 Å². The maximum atomic E-state index is 13.0. The highest BCUT2D eigenvalue weighted by Crippen LogP contribution is 2.27. The molecule has 0 aliphatic carbocycles. The predicted molar refractivity (Wildman–Crippen MR) is 104 cm³/mol. The second-order valence-corrected chi connectivity index (χ2v) is 9.49. The Morgan fingerprint density at radius 2 is 1.96 bits per heavy atom. The molecule has 28 heavy (non-hydrogen) atoms. The molecule has 0 aromatic carbocycles. The van der Waals surface area contributed by atoms with E-state index in [1.165, 1.54) is 15.2 Å². The van der Waals surface area contributed by atoms with Gasteiger partial charge in [0.1, 0.15) is 4.90 Å². The number of rotatable bonds is 5. The van der Waals surface area contributed by atoms with Crippen molar-refractivity contribution in [3.05, 3.63) is 28.8 Å². The quantitative estimate of drug-likeness (QED) is 0.712. The summed E-state index contributed by atoms with van der Waals surface area (Å²) >= 11 is 6.13. The molecular weight excluding hydrogens is 404 g/mol. The standard InChI is InChI=1S/C17H25ClN6O3S/c1-12-16(9-20-22(12)3)28(26,27)24-7-5-6-13(10-24)17(25)21(2)11-15-14(18)8-19-23(15)4/h8-9,13H,5-7,10-11H2,1-4H3/t13-/m1/s1. The lowest BCUT2D eigenvalue weighted by Gasteiger charge is -2.33. The van der Waals surface area contributed by atoms with Crippen molar-refractivity contribution < 1.29 is 13.2 Å². The molecule has 0 N–H and O–H groups in total. The normalized spacial score (nSPS) is 18.4. The lowest BCUT2D eigenvalue weighted by Crippen LogP contribution is -2.45. The van der Waals surface area contributed by atoms with Gasteiger partial charge in [-0.1, -0.05) is 11.6 Å². The van der Waals surface area contributed by atoms with Crippen LogP contribution in [0.25, 0.3) is 0 Å². The molecule has 3 heterocycles. The first kappa shape index (κ1) is 20.8. The molecule has 0 bridgehead atoms. The van der Waals surface area contributed by atoms with Gasteiger partial charge in [-0.05, 0) is 19.8 Å². The molecule has 1 atom stereocenters. The molecule has 1 aliphatic rings. The first-order valence-electron chi connectivity index (χ1n) is 9.03. The number of aryl methyl sites for hydroxylation is 2. The van der Waals surface area contributed by atoms with Gasteiger partial charge in [-0.2, -0.15) is 14.5 Å². The van der Waals surface area contributed by atoms with Crippen LogP contribution in [0, 0.1) is 12.8 Å². The molecule has 2 aromatic heterocycles. The third-order valence-corrected chi connectivity index (χ3v) is 7.60. The van der Waals surface area contributed by atoms with Crippen LogP contribution >= 0.6 is 11.6 Å².